The maximum atomic E-state index is 10.4. The van der Waals surface area contributed by atoms with Crippen molar-refractivity contribution in [3.8, 4) is 0 Å². The van der Waals surface area contributed by atoms with Crippen LogP contribution in [0.25, 0.3) is 0 Å². The molecule has 1 rings (SSSR count). The topological polar surface area (TPSA) is 41.5 Å². The molecule has 1 heterocycles. The average Bonchev–Trinajstić information content (AvgIpc) is 2.14. The van der Waals surface area contributed by atoms with E-state index >= 15 is 0 Å². The van der Waals surface area contributed by atoms with Crippen LogP contribution < -0.4 is 5.32 Å². The molecule has 0 saturated carbocycles. The van der Waals surface area contributed by atoms with Crippen LogP contribution in [0.3, 0.4) is 0 Å². The summed E-state index contributed by atoms with van der Waals surface area (Å²) in [5.74, 6) is -0.00523. The highest BCUT2D eigenvalue weighted by atomic mass is 127. The fourth-order valence-electron chi connectivity index (χ4n) is 0.458. The van der Waals surface area contributed by atoms with Gasteiger partial charge >= 0.3 is 0 Å². The number of aliphatic imine (C=N–C) groups is 1. The minimum atomic E-state index is -0.00523. The molecule has 1 N–H and O–H groups in total. The van der Waals surface area contributed by atoms with Gasteiger partial charge in [0, 0.05) is 0 Å². The molecule has 10 heavy (non-hydrogen) atoms. The highest BCUT2D eigenvalue weighted by molar-refractivity contribution is 14.0. The number of nitrogens with zero attached hydrogens (tertiary/aromatic N) is 1. The Hall–Kier alpha value is 0.950. The first-order valence-corrected chi connectivity index (χ1v) is 3.43. The Morgan fingerprint density at radius 1 is 1.60 bits per heavy atom. The van der Waals surface area contributed by atoms with Crippen LogP contribution in [0.15, 0.2) is 4.99 Å². The van der Waals surface area contributed by atoms with Crippen molar-refractivity contribution in [1.29, 1.82) is 0 Å². The van der Waals surface area contributed by atoms with Gasteiger partial charge in [0.25, 0.3) is 0 Å². The number of amides is 1. The van der Waals surface area contributed by atoms with Crippen molar-refractivity contribution in [2.75, 3.05) is 12.8 Å². The maximum Gasteiger partial charge on any atom is 0.247 e. The normalized spacial score (nSPS) is 14.5. The smallest absolute Gasteiger partial charge is 0.247 e. The molecule has 6 heteroatoms. The van der Waals surface area contributed by atoms with Crippen LogP contribution in [0.1, 0.15) is 0 Å². The lowest BCUT2D eigenvalue weighted by atomic mass is 10.7. The average molecular weight is 386 g/mol. The number of hydrogen-bond donors (Lipinski definition) is 1. The van der Waals surface area contributed by atoms with Crippen molar-refractivity contribution in [2.45, 2.75) is 0 Å². The lowest BCUT2D eigenvalue weighted by Gasteiger charge is -1.89. The van der Waals surface area contributed by atoms with Crippen LogP contribution in [-0.4, -0.2) is 23.9 Å². The van der Waals surface area contributed by atoms with Crippen LogP contribution in [0, 0.1) is 0 Å². The quantitative estimate of drug-likeness (QED) is 0.634. The summed E-state index contributed by atoms with van der Waals surface area (Å²) in [5, 5.41) is 3.31. The summed E-state index contributed by atoms with van der Waals surface area (Å²) in [5.41, 5.74) is 0. The largest absolute Gasteiger partial charge is 0.304 e. The third-order valence-corrected chi connectivity index (χ3v) is 1.42. The monoisotopic (exact) mass is 386 g/mol. The summed E-state index contributed by atoms with van der Waals surface area (Å²) in [6.07, 6.45) is 1.88. The van der Waals surface area contributed by atoms with Gasteiger partial charge in [-0.05, 0) is 6.26 Å². The number of amidine groups is 1. The lowest BCUT2D eigenvalue weighted by molar-refractivity contribution is -0.117. The van der Waals surface area contributed by atoms with Gasteiger partial charge in [-0.25, -0.2) is 0 Å². The first-order chi connectivity index (χ1) is 3.83. The molecule has 1 aliphatic rings. The minimum absolute atomic E-state index is 0. The molecule has 1 amide bonds. The van der Waals surface area contributed by atoms with Crippen LogP contribution in [-0.2, 0) is 4.79 Å². The molecule has 0 fully saturated rings. The molecule has 0 aromatic heterocycles. The molecule has 0 spiro atoms. The SMILES string of the molecule is CSC1=NCC(=O)N1.I.I. The molecule has 0 radical (unpaired) electrons. The summed E-state index contributed by atoms with van der Waals surface area (Å²) < 4.78 is 0. The highest BCUT2D eigenvalue weighted by Crippen LogP contribution is 1.98. The Bertz CT molecular complexity index is 150. The first-order valence-electron chi connectivity index (χ1n) is 2.21. The van der Waals surface area contributed by atoms with Crippen molar-refractivity contribution in [3.63, 3.8) is 0 Å². The van der Waals surface area contributed by atoms with E-state index in [2.05, 4.69) is 10.3 Å². The zero-order valence-electron chi connectivity index (χ0n) is 5.29. The van der Waals surface area contributed by atoms with E-state index in [-0.39, 0.29) is 53.9 Å². The fraction of sp³-hybridized carbons (Fsp3) is 0.500. The van der Waals surface area contributed by atoms with Crippen LogP contribution in [0.2, 0.25) is 0 Å². The predicted molar refractivity (Wildman–Crippen MR) is 64.8 cm³/mol. The molecule has 0 bridgehead atoms. The zero-order valence-corrected chi connectivity index (χ0v) is 10.8. The van der Waals surface area contributed by atoms with Gasteiger partial charge < -0.3 is 5.32 Å². The molecular formula is C4H8I2N2OS. The standard InChI is InChI=1S/C4H6N2OS.2HI/c1-8-4-5-2-3(7)6-4;;/h2H2,1H3,(H,5,6,7);2*1H. The van der Waals surface area contributed by atoms with E-state index in [9.17, 15) is 4.79 Å². The molecule has 0 saturated heterocycles. The van der Waals surface area contributed by atoms with Gasteiger partial charge in [0.05, 0.1) is 0 Å². The molecular weight excluding hydrogens is 378 g/mol. The van der Waals surface area contributed by atoms with E-state index in [0.29, 0.717) is 6.54 Å². The number of carbonyl (C=O) groups excluding carboxylic acids is 1. The summed E-state index contributed by atoms with van der Waals surface area (Å²) in [7, 11) is 0. The van der Waals surface area contributed by atoms with Gasteiger partial charge in [0.1, 0.15) is 6.54 Å². The predicted octanol–water partition coefficient (Wildman–Crippen LogP) is 1.07. The van der Waals surface area contributed by atoms with E-state index in [1.807, 2.05) is 6.26 Å². The summed E-state index contributed by atoms with van der Waals surface area (Å²) in [6.45, 7) is 0.302. The summed E-state index contributed by atoms with van der Waals surface area (Å²) >= 11 is 1.45. The lowest BCUT2D eigenvalue weighted by Crippen LogP contribution is -2.21. The second kappa shape index (κ2) is 6.65. The van der Waals surface area contributed by atoms with E-state index < -0.39 is 0 Å². The third-order valence-electron chi connectivity index (χ3n) is 0.806. The molecule has 0 aromatic rings. The number of halogens is 2. The highest BCUT2D eigenvalue weighted by Gasteiger charge is 2.10. The molecule has 0 atom stereocenters. The van der Waals surface area contributed by atoms with Crippen LogP contribution in [0.5, 0.6) is 0 Å². The van der Waals surface area contributed by atoms with E-state index in [1.54, 1.807) is 0 Å². The zero-order chi connectivity index (χ0) is 5.98. The molecule has 3 nitrogen and oxygen atoms in total. The van der Waals surface area contributed by atoms with Crippen molar-refractivity contribution >= 4 is 70.8 Å². The van der Waals surface area contributed by atoms with Gasteiger partial charge in [0.15, 0.2) is 5.17 Å². The van der Waals surface area contributed by atoms with Crippen molar-refractivity contribution in [3.05, 3.63) is 0 Å². The number of nitrogens with one attached hydrogen (secondary N) is 1. The van der Waals surface area contributed by atoms with E-state index in [0.717, 1.165) is 5.17 Å². The number of rotatable bonds is 0. The van der Waals surface area contributed by atoms with Crippen LogP contribution >= 0.6 is 59.7 Å². The number of thioether (sulfide) groups is 1. The van der Waals surface area contributed by atoms with Crippen LogP contribution in [0.4, 0.5) is 0 Å². The molecule has 60 valence electrons. The van der Waals surface area contributed by atoms with E-state index in [1.165, 1.54) is 11.8 Å². The Morgan fingerprint density at radius 3 is 2.40 bits per heavy atom. The van der Waals surface area contributed by atoms with Crippen molar-refractivity contribution in [1.82, 2.24) is 5.32 Å². The van der Waals surface area contributed by atoms with Gasteiger partial charge in [-0.1, -0.05) is 11.8 Å². The molecule has 1 aliphatic heterocycles. The third kappa shape index (κ3) is 3.96. The second-order valence-electron chi connectivity index (χ2n) is 1.37. The first kappa shape index (κ1) is 13.5. The molecule has 0 aliphatic carbocycles. The van der Waals surface area contributed by atoms with Crippen molar-refractivity contribution in [2.24, 2.45) is 4.99 Å². The Labute approximate surface area is 97.8 Å². The van der Waals surface area contributed by atoms with Gasteiger partial charge in [-0.15, -0.1) is 48.0 Å². The summed E-state index contributed by atoms with van der Waals surface area (Å²) in [6, 6.07) is 0. The van der Waals surface area contributed by atoms with E-state index in [4.69, 9.17) is 0 Å². The maximum absolute atomic E-state index is 10.4. The Morgan fingerprint density at radius 2 is 2.20 bits per heavy atom. The number of hydrogen-bond acceptors (Lipinski definition) is 3. The molecule has 0 unspecified atom stereocenters. The minimum Gasteiger partial charge on any atom is -0.304 e. The second-order valence-corrected chi connectivity index (χ2v) is 2.17. The Kier molecular flexibility index (Phi) is 9.00. The Balaban J connectivity index is 0. The summed E-state index contributed by atoms with van der Waals surface area (Å²) in [4.78, 5) is 14.2. The van der Waals surface area contributed by atoms with Crippen molar-refractivity contribution < 1.29 is 4.79 Å². The molecule has 0 aromatic carbocycles. The number of carbonyl (C=O) groups is 1. The van der Waals surface area contributed by atoms with Gasteiger partial charge in [0.2, 0.25) is 5.91 Å². The fourth-order valence-corrected chi connectivity index (χ4v) is 0.867. The van der Waals surface area contributed by atoms with Gasteiger partial charge in [-0.2, -0.15) is 0 Å². The van der Waals surface area contributed by atoms with Gasteiger partial charge in [-0.3, -0.25) is 9.79 Å².